The zero-order valence-electron chi connectivity index (χ0n) is 16.0. The molecule has 0 aliphatic carbocycles. The highest BCUT2D eigenvalue weighted by Crippen LogP contribution is 2.47. The van der Waals surface area contributed by atoms with E-state index >= 15 is 0 Å². The Bertz CT molecular complexity index is 475. The summed E-state index contributed by atoms with van der Waals surface area (Å²) in [5.41, 5.74) is 0. The zero-order valence-corrected chi connectivity index (χ0v) is 18.6. The van der Waals surface area contributed by atoms with Gasteiger partial charge in [0.25, 0.3) is 0 Å². The number of hydrogen-bond donors (Lipinski definition) is 0. The van der Waals surface area contributed by atoms with Gasteiger partial charge in [-0.25, -0.2) is 0 Å². The van der Waals surface area contributed by atoms with Crippen molar-refractivity contribution in [2.75, 3.05) is 26.0 Å². The molecule has 8 heteroatoms. The minimum atomic E-state index is -3.38. The molecule has 0 atom stereocenters. The Hall–Kier alpha value is 0.0269. The van der Waals surface area contributed by atoms with E-state index in [1.807, 2.05) is 0 Å². The summed E-state index contributed by atoms with van der Waals surface area (Å²) in [6, 6.07) is 0. The molecule has 0 aliphatic heterocycles. The van der Waals surface area contributed by atoms with Gasteiger partial charge in [0.2, 0.25) is 0 Å². The SMILES string of the molecule is CCOP(=O)(CC(=O)/C=C(\Cl)CCO[Si](C)(C)C(C)(C)C)OCC. The summed E-state index contributed by atoms with van der Waals surface area (Å²) >= 11 is 6.11. The maximum Gasteiger partial charge on any atom is 0.338 e. The lowest BCUT2D eigenvalue weighted by Crippen LogP contribution is -2.40. The average Bonchev–Trinajstić information content (AvgIpc) is 2.36. The number of hydrogen-bond acceptors (Lipinski definition) is 5. The summed E-state index contributed by atoms with van der Waals surface area (Å²) in [5, 5.41) is 0.513. The van der Waals surface area contributed by atoms with Crippen LogP contribution in [0.5, 0.6) is 0 Å². The van der Waals surface area contributed by atoms with Crippen LogP contribution >= 0.6 is 19.2 Å². The van der Waals surface area contributed by atoms with Crippen molar-refractivity contribution in [2.45, 2.75) is 59.2 Å². The molecule has 0 amide bonds. The first kappa shape index (κ1) is 24.0. The first-order chi connectivity index (χ1) is 10.9. The highest BCUT2D eigenvalue weighted by Gasteiger charge is 2.36. The second kappa shape index (κ2) is 10.2. The maximum absolute atomic E-state index is 12.3. The molecule has 0 aromatic carbocycles. The van der Waals surface area contributed by atoms with Gasteiger partial charge in [0.05, 0.1) is 13.2 Å². The first-order valence-corrected chi connectivity index (χ1v) is 13.3. The number of ketones is 1. The van der Waals surface area contributed by atoms with Crippen molar-refractivity contribution in [3.8, 4) is 0 Å². The Balaban J connectivity index is 4.58. The van der Waals surface area contributed by atoms with E-state index in [-0.39, 0.29) is 30.2 Å². The lowest BCUT2D eigenvalue weighted by molar-refractivity contribution is -0.112. The molecule has 0 rings (SSSR count). The fraction of sp³-hybridized carbons (Fsp3) is 0.812. The summed E-state index contributed by atoms with van der Waals surface area (Å²) < 4.78 is 28.5. The molecular formula is C16H32ClO5PSi. The Kier molecular flexibility index (Phi) is 10.3. The molecule has 0 saturated heterocycles. The van der Waals surface area contributed by atoms with E-state index < -0.39 is 15.9 Å². The zero-order chi connectivity index (χ0) is 19.0. The van der Waals surface area contributed by atoms with Gasteiger partial charge in [-0.15, -0.1) is 0 Å². The van der Waals surface area contributed by atoms with E-state index in [1.165, 1.54) is 6.08 Å². The molecule has 0 aromatic rings. The van der Waals surface area contributed by atoms with Gasteiger partial charge in [-0.2, -0.15) is 0 Å². The highest BCUT2D eigenvalue weighted by molar-refractivity contribution is 7.54. The van der Waals surface area contributed by atoms with Crippen molar-refractivity contribution in [2.24, 2.45) is 0 Å². The van der Waals surface area contributed by atoms with Crippen molar-refractivity contribution in [3.63, 3.8) is 0 Å². The molecule has 0 saturated carbocycles. The maximum atomic E-state index is 12.3. The van der Waals surface area contributed by atoms with Gasteiger partial charge in [-0.05, 0) is 38.1 Å². The molecule has 142 valence electrons. The van der Waals surface area contributed by atoms with E-state index in [1.54, 1.807) is 13.8 Å². The Morgan fingerprint density at radius 3 is 2.08 bits per heavy atom. The second-order valence-electron chi connectivity index (χ2n) is 7.02. The fourth-order valence-corrected chi connectivity index (χ4v) is 4.39. The number of carbonyl (C=O) groups excluding carboxylic acids is 1. The van der Waals surface area contributed by atoms with Crippen LogP contribution in [0.15, 0.2) is 11.1 Å². The van der Waals surface area contributed by atoms with Gasteiger partial charge < -0.3 is 13.5 Å². The van der Waals surface area contributed by atoms with Crippen LogP contribution < -0.4 is 0 Å². The third-order valence-electron chi connectivity index (χ3n) is 3.93. The highest BCUT2D eigenvalue weighted by atomic mass is 35.5. The van der Waals surface area contributed by atoms with Gasteiger partial charge in [-0.1, -0.05) is 32.4 Å². The lowest BCUT2D eigenvalue weighted by Gasteiger charge is -2.36. The van der Waals surface area contributed by atoms with Crippen LogP contribution in [-0.4, -0.2) is 40.1 Å². The molecule has 0 heterocycles. The van der Waals surface area contributed by atoms with Gasteiger partial charge in [-0.3, -0.25) is 9.36 Å². The van der Waals surface area contributed by atoms with Gasteiger partial charge in [0, 0.05) is 18.1 Å². The van der Waals surface area contributed by atoms with Crippen LogP contribution in [0.4, 0.5) is 0 Å². The van der Waals surface area contributed by atoms with E-state index in [0.29, 0.717) is 18.1 Å². The monoisotopic (exact) mass is 398 g/mol. The van der Waals surface area contributed by atoms with Crippen LogP contribution in [0.3, 0.4) is 0 Å². The number of halogens is 1. The molecular weight excluding hydrogens is 367 g/mol. The minimum absolute atomic E-state index is 0.126. The Labute approximate surface area is 152 Å². The second-order valence-corrected chi connectivity index (χ2v) is 14.4. The molecule has 0 spiro atoms. The Morgan fingerprint density at radius 2 is 1.67 bits per heavy atom. The number of rotatable bonds is 11. The molecule has 0 unspecified atom stereocenters. The summed E-state index contributed by atoms with van der Waals surface area (Å²) in [6.45, 7) is 15.1. The lowest BCUT2D eigenvalue weighted by atomic mass is 10.2. The average molecular weight is 399 g/mol. The normalized spacial score (nSPS) is 14.1. The fourth-order valence-electron chi connectivity index (χ4n) is 1.63. The van der Waals surface area contributed by atoms with Crippen molar-refractivity contribution in [1.29, 1.82) is 0 Å². The summed E-state index contributed by atoms with van der Waals surface area (Å²) in [7, 11) is -5.21. The topological polar surface area (TPSA) is 61.8 Å². The van der Waals surface area contributed by atoms with Crippen LogP contribution in [0.2, 0.25) is 18.1 Å². The molecule has 0 bridgehead atoms. The number of carbonyl (C=O) groups is 1. The van der Waals surface area contributed by atoms with Crippen molar-refractivity contribution in [1.82, 2.24) is 0 Å². The molecule has 24 heavy (non-hydrogen) atoms. The number of allylic oxidation sites excluding steroid dienone is 1. The predicted molar refractivity (Wildman–Crippen MR) is 102 cm³/mol. The predicted octanol–water partition coefficient (Wildman–Crippen LogP) is 5.36. The summed E-state index contributed by atoms with van der Waals surface area (Å²) in [4.78, 5) is 12.0. The van der Waals surface area contributed by atoms with E-state index in [0.717, 1.165) is 0 Å². The smallest absolute Gasteiger partial charge is 0.338 e. The van der Waals surface area contributed by atoms with E-state index in [2.05, 4.69) is 33.9 Å². The quantitative estimate of drug-likeness (QED) is 0.266. The molecule has 0 aliphatic rings. The van der Waals surface area contributed by atoms with Crippen molar-refractivity contribution in [3.05, 3.63) is 11.1 Å². The van der Waals surface area contributed by atoms with Crippen molar-refractivity contribution >= 4 is 33.3 Å². The van der Waals surface area contributed by atoms with Crippen LogP contribution in [0, 0.1) is 0 Å². The molecule has 0 aromatic heterocycles. The van der Waals surface area contributed by atoms with Gasteiger partial charge in [0.15, 0.2) is 14.1 Å². The van der Waals surface area contributed by atoms with Crippen LogP contribution in [0.1, 0.15) is 41.0 Å². The van der Waals surface area contributed by atoms with Crippen LogP contribution in [-0.2, 0) is 22.8 Å². The summed E-state index contributed by atoms with van der Waals surface area (Å²) in [5.74, 6) is -0.363. The molecule has 0 N–H and O–H groups in total. The largest absolute Gasteiger partial charge is 0.416 e. The third-order valence-corrected chi connectivity index (χ3v) is 10.8. The molecule has 0 fully saturated rings. The molecule has 0 radical (unpaired) electrons. The minimum Gasteiger partial charge on any atom is -0.416 e. The third kappa shape index (κ3) is 8.93. The van der Waals surface area contributed by atoms with E-state index in [9.17, 15) is 9.36 Å². The van der Waals surface area contributed by atoms with Crippen molar-refractivity contribution < 1.29 is 22.8 Å². The Morgan fingerprint density at radius 1 is 1.17 bits per heavy atom. The first-order valence-electron chi connectivity index (χ1n) is 8.28. The summed E-state index contributed by atoms with van der Waals surface area (Å²) in [6.07, 6.45) is 1.45. The van der Waals surface area contributed by atoms with Gasteiger partial charge in [0.1, 0.15) is 6.16 Å². The standard InChI is InChI=1S/C16H32ClO5PSi/c1-8-20-23(19,21-9-2)13-15(18)12-14(17)10-11-22-24(6,7)16(3,4)5/h12H,8-11,13H2,1-7H3/b14-12-. The van der Waals surface area contributed by atoms with Gasteiger partial charge >= 0.3 is 7.60 Å². The van der Waals surface area contributed by atoms with Crippen LogP contribution in [0.25, 0.3) is 0 Å². The molecule has 5 nitrogen and oxygen atoms in total. The van der Waals surface area contributed by atoms with E-state index in [4.69, 9.17) is 25.1 Å².